The summed E-state index contributed by atoms with van der Waals surface area (Å²) in [6, 6.07) is 42.9. The predicted octanol–water partition coefficient (Wildman–Crippen LogP) is 4.92. The molecule has 0 aliphatic rings. The molecule has 1 nitrogen and oxygen atoms in total. The van der Waals surface area contributed by atoms with Crippen molar-refractivity contribution in [2.75, 3.05) is 0 Å². The maximum atomic E-state index is 7.08. The Labute approximate surface area is 188 Å². The molecule has 0 N–H and O–H groups in total. The van der Waals surface area contributed by atoms with Gasteiger partial charge >= 0.3 is 6.92 Å². The summed E-state index contributed by atoms with van der Waals surface area (Å²) in [5, 5.41) is 2.70. The van der Waals surface area contributed by atoms with Crippen LogP contribution in [0.4, 0.5) is 0 Å². The summed E-state index contributed by atoms with van der Waals surface area (Å²) < 4.78 is 7.08. The zero-order valence-corrected chi connectivity index (χ0v) is 19.0. The molecule has 4 aromatic rings. The van der Waals surface area contributed by atoms with Crippen molar-refractivity contribution >= 4 is 36.4 Å². The first-order valence-electron chi connectivity index (χ1n) is 10.9. The van der Waals surface area contributed by atoms with Gasteiger partial charge in [0, 0.05) is 0 Å². The van der Waals surface area contributed by atoms with Crippen molar-refractivity contribution in [2.45, 2.75) is 19.7 Å². The average molecular weight is 422 g/mol. The Morgan fingerprint density at radius 3 is 1.26 bits per heavy atom. The van der Waals surface area contributed by atoms with E-state index in [2.05, 4.69) is 135 Å². The maximum Gasteiger partial charge on any atom is 0.362 e. The van der Waals surface area contributed by atoms with Crippen LogP contribution >= 0.6 is 7.92 Å². The third kappa shape index (κ3) is 5.34. The highest BCUT2D eigenvalue weighted by atomic mass is 31.1. The summed E-state index contributed by atoms with van der Waals surface area (Å²) in [6.07, 6.45) is 0. The van der Waals surface area contributed by atoms with Crippen LogP contribution in [0, 0.1) is 5.92 Å². The average Bonchev–Trinajstić information content (AvgIpc) is 2.84. The van der Waals surface area contributed by atoms with Crippen LogP contribution in [0.2, 0.25) is 0 Å². The van der Waals surface area contributed by atoms with Crippen LogP contribution in [0.15, 0.2) is 121 Å². The Hall–Kier alpha value is -2.67. The first kappa shape index (κ1) is 21.6. The van der Waals surface area contributed by atoms with E-state index in [1.54, 1.807) is 0 Å². The molecular formula is C28H28BOP. The molecule has 0 heterocycles. The standard InChI is InChI=1S/C28H28BOP/c1-23(2)28(31(26-19-11-5-12-20-26)27-21-13-6-14-22-27)30-29(24-15-7-3-8-16-24)25-17-9-4-10-18-25/h3-23,28H,1-2H3. The third-order valence-electron chi connectivity index (χ3n) is 5.37. The van der Waals surface area contributed by atoms with Crippen molar-refractivity contribution in [3.8, 4) is 0 Å². The highest BCUT2D eigenvalue weighted by Crippen LogP contribution is 2.43. The molecule has 3 heteroatoms. The topological polar surface area (TPSA) is 9.23 Å². The van der Waals surface area contributed by atoms with Crippen molar-refractivity contribution in [3.05, 3.63) is 121 Å². The highest BCUT2D eigenvalue weighted by Gasteiger charge is 2.33. The molecule has 0 aromatic heterocycles. The molecule has 0 amide bonds. The van der Waals surface area contributed by atoms with Crippen molar-refractivity contribution in [1.82, 2.24) is 0 Å². The first-order valence-corrected chi connectivity index (χ1v) is 12.3. The van der Waals surface area contributed by atoms with Crippen LogP contribution in [0.3, 0.4) is 0 Å². The van der Waals surface area contributed by atoms with Crippen LogP contribution in [0.5, 0.6) is 0 Å². The van der Waals surface area contributed by atoms with E-state index in [1.165, 1.54) is 21.5 Å². The molecule has 154 valence electrons. The molecule has 0 bridgehead atoms. The Kier molecular flexibility index (Phi) is 7.36. The van der Waals surface area contributed by atoms with Gasteiger partial charge < -0.3 is 4.65 Å². The van der Waals surface area contributed by atoms with Crippen LogP contribution in [0.25, 0.3) is 0 Å². The fourth-order valence-electron chi connectivity index (χ4n) is 3.88. The molecule has 0 aliphatic carbocycles. The molecule has 1 atom stereocenters. The summed E-state index contributed by atoms with van der Waals surface area (Å²) in [6.45, 7) is 4.45. The lowest BCUT2D eigenvalue weighted by atomic mass is 9.55. The number of benzene rings is 4. The number of rotatable bonds is 8. The second kappa shape index (κ2) is 10.6. The minimum atomic E-state index is -0.689. The summed E-state index contributed by atoms with van der Waals surface area (Å²) in [7, 11) is -0.689. The van der Waals surface area contributed by atoms with E-state index in [4.69, 9.17) is 4.65 Å². The first-order chi connectivity index (χ1) is 15.2. The van der Waals surface area contributed by atoms with E-state index in [-0.39, 0.29) is 12.8 Å². The van der Waals surface area contributed by atoms with Gasteiger partial charge in [-0.05, 0) is 35.4 Å². The Morgan fingerprint density at radius 1 is 0.548 bits per heavy atom. The van der Waals surface area contributed by atoms with Gasteiger partial charge in [0.1, 0.15) is 0 Å². The lowest BCUT2D eigenvalue weighted by Gasteiger charge is -2.34. The smallest absolute Gasteiger partial charge is 0.362 e. The fraction of sp³-hybridized carbons (Fsp3) is 0.143. The van der Waals surface area contributed by atoms with Gasteiger partial charge in [-0.1, -0.05) is 135 Å². The van der Waals surface area contributed by atoms with E-state index in [9.17, 15) is 0 Å². The zero-order valence-electron chi connectivity index (χ0n) is 18.1. The Morgan fingerprint density at radius 2 is 0.903 bits per heavy atom. The van der Waals surface area contributed by atoms with Crippen LogP contribution < -0.4 is 21.5 Å². The Bertz CT molecular complexity index is 960. The minimum Gasteiger partial charge on any atom is -0.419 e. The molecule has 4 aromatic carbocycles. The molecule has 4 rings (SSSR count). The summed E-state index contributed by atoms with van der Waals surface area (Å²) >= 11 is 0. The van der Waals surface area contributed by atoms with Gasteiger partial charge in [-0.3, -0.25) is 0 Å². The zero-order chi connectivity index (χ0) is 21.5. The van der Waals surface area contributed by atoms with Crippen LogP contribution in [0.1, 0.15) is 13.8 Å². The quantitative estimate of drug-likeness (QED) is 0.289. The van der Waals surface area contributed by atoms with Crippen LogP contribution in [-0.4, -0.2) is 12.8 Å². The monoisotopic (exact) mass is 422 g/mol. The highest BCUT2D eigenvalue weighted by molar-refractivity contribution is 7.73. The third-order valence-corrected chi connectivity index (χ3v) is 8.31. The fourth-order valence-corrected chi connectivity index (χ4v) is 6.59. The molecular weight excluding hydrogens is 394 g/mol. The predicted molar refractivity (Wildman–Crippen MR) is 137 cm³/mol. The summed E-state index contributed by atoms with van der Waals surface area (Å²) in [5.41, 5.74) is 2.38. The largest absolute Gasteiger partial charge is 0.419 e. The summed E-state index contributed by atoms with van der Waals surface area (Å²) in [4.78, 5) is 0. The normalized spacial score (nSPS) is 12.1. The number of hydrogen-bond donors (Lipinski definition) is 0. The second-order valence-corrected chi connectivity index (χ2v) is 10.3. The van der Waals surface area contributed by atoms with Crippen LogP contribution in [-0.2, 0) is 4.65 Å². The van der Waals surface area contributed by atoms with Gasteiger partial charge in [-0.25, -0.2) is 0 Å². The van der Waals surface area contributed by atoms with E-state index in [0.717, 1.165) is 0 Å². The van der Waals surface area contributed by atoms with E-state index in [1.807, 2.05) is 0 Å². The van der Waals surface area contributed by atoms with Gasteiger partial charge in [0.2, 0.25) is 0 Å². The SMILES string of the molecule is CC(C)C(OB(c1ccccc1)c1ccccc1)P(c1ccccc1)c1ccccc1. The van der Waals surface area contributed by atoms with Gasteiger partial charge in [-0.15, -0.1) is 0 Å². The number of hydrogen-bond acceptors (Lipinski definition) is 1. The molecule has 31 heavy (non-hydrogen) atoms. The van der Waals surface area contributed by atoms with Gasteiger partial charge in [0.25, 0.3) is 0 Å². The molecule has 0 aliphatic heterocycles. The lowest BCUT2D eigenvalue weighted by molar-refractivity contribution is 0.242. The lowest BCUT2D eigenvalue weighted by Crippen LogP contribution is -2.48. The van der Waals surface area contributed by atoms with E-state index >= 15 is 0 Å². The van der Waals surface area contributed by atoms with Crippen molar-refractivity contribution in [2.24, 2.45) is 5.92 Å². The Balaban J connectivity index is 1.78. The van der Waals surface area contributed by atoms with Crippen molar-refractivity contribution in [3.63, 3.8) is 0 Å². The molecule has 0 fully saturated rings. The van der Waals surface area contributed by atoms with E-state index in [0.29, 0.717) is 5.92 Å². The summed E-state index contributed by atoms with van der Waals surface area (Å²) in [5.74, 6) is 0.437. The molecule has 0 saturated carbocycles. The minimum absolute atomic E-state index is 0.0743. The van der Waals surface area contributed by atoms with Crippen molar-refractivity contribution in [1.29, 1.82) is 0 Å². The van der Waals surface area contributed by atoms with E-state index < -0.39 is 7.92 Å². The van der Waals surface area contributed by atoms with Gasteiger partial charge in [-0.2, -0.15) is 0 Å². The second-order valence-electron chi connectivity index (χ2n) is 8.01. The molecule has 1 unspecified atom stereocenters. The maximum absolute atomic E-state index is 7.08. The molecule has 0 radical (unpaired) electrons. The van der Waals surface area contributed by atoms with Crippen molar-refractivity contribution < 1.29 is 4.65 Å². The molecule has 0 spiro atoms. The molecule has 0 saturated heterocycles. The van der Waals surface area contributed by atoms with Gasteiger partial charge in [0.05, 0.1) is 5.85 Å². The van der Waals surface area contributed by atoms with Gasteiger partial charge in [0.15, 0.2) is 0 Å².